The lowest BCUT2D eigenvalue weighted by Gasteiger charge is -2.38. The zero-order chi connectivity index (χ0) is 22.4. The van der Waals surface area contributed by atoms with Crippen LogP contribution in [0.3, 0.4) is 0 Å². The molecule has 1 saturated heterocycles. The zero-order valence-electron chi connectivity index (χ0n) is 19.1. The van der Waals surface area contributed by atoms with Gasteiger partial charge in [0.05, 0.1) is 26.7 Å². The van der Waals surface area contributed by atoms with Gasteiger partial charge in [0.2, 0.25) is 5.91 Å². The van der Waals surface area contributed by atoms with Crippen LogP contribution in [0.1, 0.15) is 36.0 Å². The van der Waals surface area contributed by atoms with Crippen LogP contribution in [-0.2, 0) is 16.6 Å². The van der Waals surface area contributed by atoms with Gasteiger partial charge >= 0.3 is 0 Å². The fourth-order valence-electron chi connectivity index (χ4n) is 5.73. The topological polar surface area (TPSA) is 43.1 Å². The van der Waals surface area contributed by atoms with Gasteiger partial charge in [0, 0.05) is 12.3 Å². The normalized spacial score (nSPS) is 20.8. The molecule has 0 aliphatic carbocycles. The molecule has 3 aromatic rings. The van der Waals surface area contributed by atoms with Crippen molar-refractivity contribution in [3.05, 3.63) is 108 Å². The van der Waals surface area contributed by atoms with Crippen molar-refractivity contribution in [3.63, 3.8) is 0 Å². The van der Waals surface area contributed by atoms with Crippen LogP contribution in [0.5, 0.6) is 0 Å². The summed E-state index contributed by atoms with van der Waals surface area (Å²) >= 11 is 0. The standard InChI is InChI=1S/C29H34N2O/c1-31(21-12-11-15-24-13-5-2-6-14-24)22-20-27(23-31)29(28(30)32,25-16-7-3-8-17-25)26-18-9-4-10-19-26/h2-10,13-14,16-19,27H,11-12,15,20-23H2,1H3,(H-,30,32)/p+1/t27-,31?/m0/s1. The van der Waals surface area contributed by atoms with Crippen molar-refractivity contribution >= 4 is 5.91 Å². The molecule has 2 N–H and O–H groups in total. The number of nitrogens with zero attached hydrogens (tertiary/aromatic N) is 1. The van der Waals surface area contributed by atoms with Crippen molar-refractivity contribution in [3.8, 4) is 0 Å². The third-order valence-electron chi connectivity index (χ3n) is 7.39. The van der Waals surface area contributed by atoms with Crippen molar-refractivity contribution in [1.82, 2.24) is 0 Å². The first-order chi connectivity index (χ1) is 15.5. The summed E-state index contributed by atoms with van der Waals surface area (Å²) in [5.74, 6) is -0.0543. The lowest BCUT2D eigenvalue weighted by molar-refractivity contribution is -0.899. The number of benzene rings is 3. The third kappa shape index (κ3) is 4.49. The number of unbranched alkanes of at least 4 members (excludes halogenated alkanes) is 1. The van der Waals surface area contributed by atoms with Crippen LogP contribution in [0.25, 0.3) is 0 Å². The summed E-state index contributed by atoms with van der Waals surface area (Å²) in [6.45, 7) is 3.20. The summed E-state index contributed by atoms with van der Waals surface area (Å²) in [5.41, 5.74) is 8.90. The van der Waals surface area contributed by atoms with Crippen LogP contribution in [-0.4, -0.2) is 37.1 Å². The number of quaternary nitrogens is 1. The maximum atomic E-state index is 13.3. The molecule has 4 rings (SSSR count). The molecule has 1 aliphatic heterocycles. The number of hydrogen-bond donors (Lipinski definition) is 1. The lowest BCUT2D eigenvalue weighted by atomic mass is 9.64. The molecule has 0 saturated carbocycles. The molecule has 1 fully saturated rings. The minimum Gasteiger partial charge on any atom is -0.369 e. The monoisotopic (exact) mass is 427 g/mol. The Bertz CT molecular complexity index is 964. The molecule has 1 heterocycles. The van der Waals surface area contributed by atoms with E-state index in [1.54, 1.807) is 0 Å². The number of hydrogen-bond acceptors (Lipinski definition) is 1. The molecule has 2 atom stereocenters. The highest BCUT2D eigenvalue weighted by molar-refractivity contribution is 5.91. The van der Waals surface area contributed by atoms with Gasteiger partial charge in [0.25, 0.3) is 0 Å². The molecule has 166 valence electrons. The van der Waals surface area contributed by atoms with Crippen LogP contribution >= 0.6 is 0 Å². The number of rotatable bonds is 9. The van der Waals surface area contributed by atoms with Gasteiger partial charge in [-0.05, 0) is 36.0 Å². The highest BCUT2D eigenvalue weighted by Crippen LogP contribution is 2.45. The Morgan fingerprint density at radius 2 is 1.41 bits per heavy atom. The van der Waals surface area contributed by atoms with E-state index in [4.69, 9.17) is 5.73 Å². The van der Waals surface area contributed by atoms with E-state index < -0.39 is 5.41 Å². The zero-order valence-corrected chi connectivity index (χ0v) is 19.1. The Morgan fingerprint density at radius 3 is 1.94 bits per heavy atom. The van der Waals surface area contributed by atoms with E-state index in [1.165, 1.54) is 18.4 Å². The van der Waals surface area contributed by atoms with Crippen LogP contribution in [0, 0.1) is 5.92 Å². The highest BCUT2D eigenvalue weighted by atomic mass is 16.1. The molecule has 3 nitrogen and oxygen atoms in total. The van der Waals surface area contributed by atoms with Gasteiger partial charge in [-0.2, -0.15) is 0 Å². The van der Waals surface area contributed by atoms with E-state index in [9.17, 15) is 4.79 Å². The second-order valence-electron chi connectivity index (χ2n) is 9.58. The van der Waals surface area contributed by atoms with Gasteiger partial charge in [0.1, 0.15) is 5.41 Å². The number of aryl methyl sites for hydroxylation is 1. The van der Waals surface area contributed by atoms with E-state index in [0.29, 0.717) is 0 Å². The van der Waals surface area contributed by atoms with Crippen LogP contribution in [0.2, 0.25) is 0 Å². The van der Waals surface area contributed by atoms with Gasteiger partial charge < -0.3 is 10.2 Å². The van der Waals surface area contributed by atoms with Gasteiger partial charge in [-0.25, -0.2) is 0 Å². The fraction of sp³-hybridized carbons (Fsp3) is 0.345. The highest BCUT2D eigenvalue weighted by Gasteiger charge is 2.53. The van der Waals surface area contributed by atoms with Gasteiger partial charge in [-0.15, -0.1) is 0 Å². The van der Waals surface area contributed by atoms with E-state index in [1.807, 2.05) is 36.4 Å². The first kappa shape index (κ1) is 22.3. The molecule has 0 radical (unpaired) electrons. The number of primary amides is 1. The minimum absolute atomic E-state index is 0.184. The Morgan fingerprint density at radius 1 is 0.875 bits per heavy atom. The number of carbonyl (C=O) groups is 1. The smallest absolute Gasteiger partial charge is 0.233 e. The quantitative estimate of drug-likeness (QED) is 0.381. The van der Waals surface area contributed by atoms with E-state index in [2.05, 4.69) is 61.6 Å². The molecular formula is C29H35N2O+. The summed E-state index contributed by atoms with van der Waals surface area (Å²) in [7, 11) is 2.35. The van der Waals surface area contributed by atoms with Gasteiger partial charge in [-0.3, -0.25) is 4.79 Å². The molecule has 1 aliphatic rings. The van der Waals surface area contributed by atoms with Crippen molar-refractivity contribution in [1.29, 1.82) is 0 Å². The Hall–Kier alpha value is -2.91. The second kappa shape index (κ2) is 9.70. The fourth-order valence-corrected chi connectivity index (χ4v) is 5.73. The SMILES string of the molecule is C[N+]1(CCCCc2ccccc2)CC[C@H](C(C(N)=O)(c2ccccc2)c2ccccc2)C1. The first-order valence-corrected chi connectivity index (χ1v) is 11.8. The molecule has 3 aromatic carbocycles. The molecule has 0 spiro atoms. The van der Waals surface area contributed by atoms with Crippen LogP contribution in [0.4, 0.5) is 0 Å². The van der Waals surface area contributed by atoms with Gasteiger partial charge in [0.15, 0.2) is 0 Å². The maximum absolute atomic E-state index is 13.3. The summed E-state index contributed by atoms with van der Waals surface area (Å²) < 4.78 is 1.01. The average Bonchev–Trinajstić information content (AvgIpc) is 3.21. The molecule has 32 heavy (non-hydrogen) atoms. The average molecular weight is 428 g/mol. The number of carbonyl (C=O) groups excluding carboxylic acids is 1. The Kier molecular flexibility index (Phi) is 6.76. The minimum atomic E-state index is -0.789. The molecule has 1 amide bonds. The number of likely N-dealkylation sites (tertiary alicyclic amines) is 1. The number of nitrogens with two attached hydrogens (primary N) is 1. The summed E-state index contributed by atoms with van der Waals surface area (Å²) in [4.78, 5) is 13.3. The predicted molar refractivity (Wildman–Crippen MR) is 131 cm³/mol. The lowest BCUT2D eigenvalue weighted by Crippen LogP contribution is -2.51. The predicted octanol–water partition coefficient (Wildman–Crippen LogP) is 4.95. The van der Waals surface area contributed by atoms with Crippen molar-refractivity contribution < 1.29 is 9.28 Å². The van der Waals surface area contributed by atoms with Gasteiger partial charge in [-0.1, -0.05) is 91.0 Å². The summed E-state index contributed by atoms with van der Waals surface area (Å²) in [6.07, 6.45) is 4.52. The third-order valence-corrected chi connectivity index (χ3v) is 7.39. The van der Waals surface area contributed by atoms with Crippen LogP contribution in [0.15, 0.2) is 91.0 Å². The second-order valence-corrected chi connectivity index (χ2v) is 9.58. The molecule has 0 aromatic heterocycles. The Balaban J connectivity index is 1.54. The van der Waals surface area contributed by atoms with Crippen LogP contribution < -0.4 is 5.73 Å². The number of amides is 1. The van der Waals surface area contributed by atoms with E-state index in [0.717, 1.165) is 48.1 Å². The summed E-state index contributed by atoms with van der Waals surface area (Å²) in [6, 6.07) is 31.1. The largest absolute Gasteiger partial charge is 0.369 e. The molecular weight excluding hydrogens is 392 g/mol. The van der Waals surface area contributed by atoms with Crippen molar-refractivity contribution in [2.75, 3.05) is 26.7 Å². The molecule has 1 unspecified atom stereocenters. The molecule has 3 heteroatoms. The van der Waals surface area contributed by atoms with Crippen molar-refractivity contribution in [2.45, 2.75) is 31.1 Å². The van der Waals surface area contributed by atoms with E-state index in [-0.39, 0.29) is 11.8 Å². The van der Waals surface area contributed by atoms with E-state index >= 15 is 0 Å². The Labute approximate surface area is 192 Å². The van der Waals surface area contributed by atoms with Crippen molar-refractivity contribution in [2.24, 2.45) is 11.7 Å². The maximum Gasteiger partial charge on any atom is 0.233 e. The first-order valence-electron chi connectivity index (χ1n) is 11.8. The summed E-state index contributed by atoms with van der Waals surface area (Å²) in [5, 5.41) is 0. The molecule has 0 bridgehead atoms.